The minimum Gasteiger partial charge on any atom is -0.370 e. The topological polar surface area (TPSA) is 81.4 Å². The van der Waals surface area contributed by atoms with Gasteiger partial charge in [0, 0.05) is 41.4 Å². The van der Waals surface area contributed by atoms with Crippen molar-refractivity contribution in [1.82, 2.24) is 24.1 Å². The van der Waals surface area contributed by atoms with Crippen molar-refractivity contribution in [3.8, 4) is 21.7 Å². The number of thiophene rings is 1. The molecule has 1 amide bonds. The first-order valence-corrected chi connectivity index (χ1v) is 18.1. The Balaban J connectivity index is 1.15. The van der Waals surface area contributed by atoms with Crippen molar-refractivity contribution in [3.63, 3.8) is 0 Å². The Morgan fingerprint density at radius 3 is 2.04 bits per heavy atom. The molecular weight excluding hydrogens is 637 g/mol. The fourth-order valence-electron chi connectivity index (χ4n) is 7.63. The molecule has 1 aliphatic rings. The third kappa shape index (κ3) is 5.95. The number of likely N-dealkylation sites (tertiary alicyclic amines) is 1. The molecule has 8 heteroatoms. The van der Waals surface area contributed by atoms with Gasteiger partial charge in [-0.1, -0.05) is 91.0 Å². The first-order valence-electron chi connectivity index (χ1n) is 17.3. The van der Waals surface area contributed by atoms with Gasteiger partial charge in [-0.25, -0.2) is 4.98 Å². The predicted octanol–water partition coefficient (Wildman–Crippen LogP) is 8.16. The van der Waals surface area contributed by atoms with Crippen LogP contribution in [0.1, 0.15) is 46.5 Å². The van der Waals surface area contributed by atoms with Crippen LogP contribution in [0.5, 0.6) is 0 Å². The van der Waals surface area contributed by atoms with Gasteiger partial charge in [0.1, 0.15) is 11.2 Å². The third-order valence-corrected chi connectivity index (χ3v) is 11.2. The summed E-state index contributed by atoms with van der Waals surface area (Å²) >= 11 is 1.82. The molecule has 0 atom stereocenters. The van der Waals surface area contributed by atoms with E-state index in [2.05, 4.69) is 149 Å². The maximum Gasteiger partial charge on any atom is 0.217 e. The average Bonchev–Trinajstić information content (AvgIpc) is 3.89. The Labute approximate surface area is 296 Å². The number of hydrogen-bond acceptors (Lipinski definition) is 5. The van der Waals surface area contributed by atoms with E-state index >= 15 is 0 Å². The van der Waals surface area contributed by atoms with Crippen LogP contribution < -0.4 is 5.73 Å². The van der Waals surface area contributed by atoms with E-state index in [0.29, 0.717) is 12.3 Å². The number of pyridine rings is 1. The molecule has 7 aromatic rings. The number of primary amides is 1. The molecule has 0 radical (unpaired) electrons. The molecule has 2 N–H and O–H groups in total. The number of nitrogens with zero attached hydrogens (tertiary/aromatic N) is 5. The molecule has 1 aliphatic heterocycles. The molecule has 1 saturated heterocycles. The molecule has 0 bridgehead atoms. The summed E-state index contributed by atoms with van der Waals surface area (Å²) in [4.78, 5) is 21.1. The summed E-state index contributed by atoms with van der Waals surface area (Å²) in [7, 11) is 0. The summed E-state index contributed by atoms with van der Waals surface area (Å²) in [5.74, 6) is 0.225. The zero-order chi connectivity index (χ0) is 34.1. The maximum atomic E-state index is 11.4. The third-order valence-electron chi connectivity index (χ3n) is 10.1. The number of carbonyl (C=O) groups excluding carboxylic acids is 1. The molecule has 0 unspecified atom stereocenters. The van der Waals surface area contributed by atoms with Gasteiger partial charge in [-0.3, -0.25) is 18.8 Å². The quantitative estimate of drug-likeness (QED) is 0.148. The van der Waals surface area contributed by atoms with Gasteiger partial charge in [-0.05, 0) is 79.7 Å². The van der Waals surface area contributed by atoms with E-state index in [-0.39, 0.29) is 5.91 Å². The number of piperidine rings is 1. The highest BCUT2D eigenvalue weighted by molar-refractivity contribution is 7.15. The number of imidazole rings is 1. The van der Waals surface area contributed by atoms with Crippen molar-refractivity contribution in [2.24, 2.45) is 11.7 Å². The van der Waals surface area contributed by atoms with E-state index in [0.717, 1.165) is 77.3 Å². The molecule has 3 aromatic carbocycles. The van der Waals surface area contributed by atoms with Gasteiger partial charge >= 0.3 is 0 Å². The highest BCUT2D eigenvalue weighted by atomic mass is 32.1. The van der Waals surface area contributed by atoms with Crippen LogP contribution in [0.15, 0.2) is 134 Å². The second-order valence-electron chi connectivity index (χ2n) is 13.3. The summed E-state index contributed by atoms with van der Waals surface area (Å²) in [6.45, 7) is 5.01. The first kappa shape index (κ1) is 31.9. The van der Waals surface area contributed by atoms with Gasteiger partial charge in [-0.15, -0.1) is 11.3 Å². The van der Waals surface area contributed by atoms with Crippen LogP contribution >= 0.6 is 11.3 Å². The van der Waals surface area contributed by atoms with Crippen LogP contribution in [0.4, 0.5) is 0 Å². The number of aromatic nitrogens is 4. The molecular formula is C42H40N6OS. The number of rotatable bonds is 10. The van der Waals surface area contributed by atoms with Crippen LogP contribution in [0.2, 0.25) is 0 Å². The monoisotopic (exact) mass is 676 g/mol. The minimum atomic E-state index is -0.679. The molecule has 4 aromatic heterocycles. The maximum absolute atomic E-state index is 11.4. The standard InChI is InChI=1S/C42H40N6OS/c1-30-37(29-48(45-30)42(33-11-5-2-6-12-33,34-13-7-3-8-14-34)35-15-9-4-10-16-35)32-17-20-41-44-26-38(47(41)27-32)39-19-18-36(50-39)28-46-23-21-31(22-24-46)25-40(43)49/h2-20,26-27,29,31H,21-25,28H2,1H3,(H2,43,49). The van der Waals surface area contributed by atoms with E-state index in [1.807, 2.05) is 17.5 Å². The van der Waals surface area contributed by atoms with Crippen molar-refractivity contribution < 1.29 is 4.79 Å². The second-order valence-corrected chi connectivity index (χ2v) is 14.5. The van der Waals surface area contributed by atoms with Gasteiger partial charge in [0.25, 0.3) is 0 Å². The first-order chi connectivity index (χ1) is 24.5. The molecule has 50 heavy (non-hydrogen) atoms. The van der Waals surface area contributed by atoms with Crippen LogP contribution in [-0.2, 0) is 16.9 Å². The number of hydrogen-bond donors (Lipinski definition) is 1. The highest BCUT2D eigenvalue weighted by Crippen LogP contribution is 2.42. The summed E-state index contributed by atoms with van der Waals surface area (Å²) in [5.41, 5.74) is 13.3. The van der Waals surface area contributed by atoms with E-state index in [9.17, 15) is 4.79 Å². The zero-order valence-electron chi connectivity index (χ0n) is 28.2. The summed E-state index contributed by atoms with van der Waals surface area (Å²) in [5, 5.41) is 5.28. The van der Waals surface area contributed by atoms with Crippen molar-refractivity contribution in [2.45, 2.75) is 38.3 Å². The molecule has 0 saturated carbocycles. The van der Waals surface area contributed by atoms with Gasteiger partial charge < -0.3 is 5.73 Å². The van der Waals surface area contributed by atoms with E-state index in [1.165, 1.54) is 9.75 Å². The van der Waals surface area contributed by atoms with E-state index in [1.54, 1.807) is 0 Å². The molecule has 5 heterocycles. The normalized spacial score (nSPS) is 14.3. The van der Waals surface area contributed by atoms with Gasteiger partial charge in [0.2, 0.25) is 5.91 Å². The number of nitrogens with two attached hydrogens (primary N) is 1. The minimum absolute atomic E-state index is 0.189. The fraction of sp³-hybridized carbons (Fsp3) is 0.214. The Hall–Kier alpha value is -5.31. The van der Waals surface area contributed by atoms with Crippen molar-refractivity contribution in [3.05, 3.63) is 161 Å². The summed E-state index contributed by atoms with van der Waals surface area (Å²) < 4.78 is 4.36. The Morgan fingerprint density at radius 2 is 1.44 bits per heavy atom. The number of fused-ring (bicyclic) bond motifs is 1. The summed E-state index contributed by atoms with van der Waals surface area (Å²) in [6, 6.07) is 40.7. The molecule has 0 spiro atoms. The van der Waals surface area contributed by atoms with Crippen LogP contribution in [0.3, 0.4) is 0 Å². The van der Waals surface area contributed by atoms with Crippen LogP contribution in [0, 0.1) is 12.8 Å². The lowest BCUT2D eigenvalue weighted by molar-refractivity contribution is -0.119. The van der Waals surface area contributed by atoms with Crippen LogP contribution in [0.25, 0.3) is 27.3 Å². The van der Waals surface area contributed by atoms with Crippen molar-refractivity contribution in [2.75, 3.05) is 13.1 Å². The van der Waals surface area contributed by atoms with Gasteiger partial charge in [0.05, 0.1) is 22.5 Å². The Bertz CT molecular complexity index is 2130. The zero-order valence-corrected chi connectivity index (χ0v) is 29.0. The number of aryl methyl sites for hydroxylation is 1. The lowest BCUT2D eigenvalue weighted by atomic mass is 9.77. The fourth-order valence-corrected chi connectivity index (χ4v) is 8.68. The summed E-state index contributed by atoms with van der Waals surface area (Å²) in [6.07, 6.45) is 8.93. The smallest absolute Gasteiger partial charge is 0.217 e. The second kappa shape index (κ2) is 13.5. The number of carbonyl (C=O) groups is 1. The lowest BCUT2D eigenvalue weighted by Crippen LogP contribution is -2.38. The van der Waals surface area contributed by atoms with E-state index < -0.39 is 5.54 Å². The van der Waals surface area contributed by atoms with Crippen molar-refractivity contribution in [1.29, 1.82) is 0 Å². The Morgan fingerprint density at radius 1 is 0.820 bits per heavy atom. The predicted molar refractivity (Wildman–Crippen MR) is 201 cm³/mol. The van der Waals surface area contributed by atoms with Gasteiger partial charge in [0.15, 0.2) is 0 Å². The molecule has 7 nitrogen and oxygen atoms in total. The number of amides is 1. The van der Waals surface area contributed by atoms with Gasteiger partial charge in [-0.2, -0.15) is 5.10 Å². The molecule has 0 aliphatic carbocycles. The Kier molecular flexibility index (Phi) is 8.64. The molecule has 250 valence electrons. The highest BCUT2D eigenvalue weighted by Gasteiger charge is 2.39. The van der Waals surface area contributed by atoms with Crippen molar-refractivity contribution >= 4 is 22.9 Å². The number of benzene rings is 3. The largest absolute Gasteiger partial charge is 0.370 e. The molecule has 8 rings (SSSR count). The average molecular weight is 677 g/mol. The van der Waals surface area contributed by atoms with E-state index in [4.69, 9.17) is 15.8 Å². The van der Waals surface area contributed by atoms with Crippen LogP contribution in [-0.4, -0.2) is 43.1 Å². The molecule has 1 fully saturated rings. The SMILES string of the molecule is Cc1nn(C(c2ccccc2)(c2ccccc2)c2ccccc2)cc1-c1ccc2ncc(-c3ccc(CN4CCC(CC(N)=O)CC4)s3)n2c1. The lowest BCUT2D eigenvalue weighted by Gasteiger charge is -2.36.